The Kier molecular flexibility index (Phi) is 4.00. The maximum absolute atomic E-state index is 12.0. The van der Waals surface area contributed by atoms with E-state index >= 15 is 0 Å². The molecular weight excluding hydrogens is 236 g/mol. The highest BCUT2D eigenvalue weighted by Gasteiger charge is 2.19. The van der Waals surface area contributed by atoms with Crippen molar-refractivity contribution in [2.75, 3.05) is 0 Å². The number of carbonyl (C=O) groups excluding carboxylic acids is 1. The third-order valence-corrected chi connectivity index (χ3v) is 3.33. The molecule has 0 aromatic heterocycles. The van der Waals surface area contributed by atoms with Crippen molar-refractivity contribution in [1.29, 1.82) is 0 Å². The number of rotatable bonds is 4. The zero-order chi connectivity index (χ0) is 13.8. The molecule has 2 rings (SSSR count). The fourth-order valence-corrected chi connectivity index (χ4v) is 2.32. The summed E-state index contributed by atoms with van der Waals surface area (Å²) in [5.41, 5.74) is 3.15. The SMILES string of the molecule is CCc1cccc(C(C(C)=O)c2ccc(O)cc2)c1. The van der Waals surface area contributed by atoms with Crippen LogP contribution < -0.4 is 0 Å². The van der Waals surface area contributed by atoms with Gasteiger partial charge in [-0.15, -0.1) is 0 Å². The number of hydrogen-bond acceptors (Lipinski definition) is 2. The van der Waals surface area contributed by atoms with Gasteiger partial charge in [0, 0.05) is 0 Å². The molecule has 0 aliphatic carbocycles. The lowest BCUT2D eigenvalue weighted by Crippen LogP contribution is -2.10. The molecule has 0 heterocycles. The number of ketones is 1. The van der Waals surface area contributed by atoms with E-state index in [-0.39, 0.29) is 17.5 Å². The minimum atomic E-state index is -0.257. The standard InChI is InChI=1S/C17H18O2/c1-3-13-5-4-6-15(11-13)17(12(2)18)14-7-9-16(19)10-8-14/h4-11,17,19H,3H2,1-2H3. The van der Waals surface area contributed by atoms with Gasteiger partial charge in [0.05, 0.1) is 5.92 Å². The molecule has 2 heteroatoms. The van der Waals surface area contributed by atoms with Crippen LogP contribution in [0.15, 0.2) is 48.5 Å². The molecule has 19 heavy (non-hydrogen) atoms. The second-order valence-electron chi connectivity index (χ2n) is 4.73. The van der Waals surface area contributed by atoms with Crippen molar-refractivity contribution in [2.24, 2.45) is 0 Å². The first kappa shape index (κ1) is 13.3. The van der Waals surface area contributed by atoms with Crippen molar-refractivity contribution in [3.05, 3.63) is 65.2 Å². The minimum absolute atomic E-state index is 0.110. The van der Waals surface area contributed by atoms with Crippen LogP contribution in [0.1, 0.15) is 36.5 Å². The van der Waals surface area contributed by atoms with Crippen molar-refractivity contribution in [2.45, 2.75) is 26.2 Å². The third kappa shape index (κ3) is 3.02. The third-order valence-electron chi connectivity index (χ3n) is 3.33. The molecule has 0 aliphatic rings. The van der Waals surface area contributed by atoms with Crippen molar-refractivity contribution in [1.82, 2.24) is 0 Å². The molecule has 2 aromatic carbocycles. The monoisotopic (exact) mass is 254 g/mol. The van der Waals surface area contributed by atoms with Crippen LogP contribution in [0, 0.1) is 0 Å². The molecule has 2 aromatic rings. The number of Topliss-reactive ketones (excluding diaryl/α,β-unsaturated/α-hetero) is 1. The Morgan fingerprint density at radius 2 is 1.79 bits per heavy atom. The van der Waals surface area contributed by atoms with Crippen LogP contribution in [0.3, 0.4) is 0 Å². The molecular formula is C17H18O2. The molecule has 0 bridgehead atoms. The number of hydrogen-bond donors (Lipinski definition) is 1. The second-order valence-corrected chi connectivity index (χ2v) is 4.73. The Hall–Kier alpha value is -2.09. The molecule has 2 nitrogen and oxygen atoms in total. The highest BCUT2D eigenvalue weighted by atomic mass is 16.3. The van der Waals surface area contributed by atoms with Crippen LogP contribution in [-0.4, -0.2) is 10.9 Å². The molecule has 0 fully saturated rings. The number of phenolic OH excluding ortho intramolecular Hbond substituents is 1. The molecule has 0 radical (unpaired) electrons. The van der Waals surface area contributed by atoms with E-state index in [0.717, 1.165) is 17.5 Å². The van der Waals surface area contributed by atoms with Gasteiger partial charge in [-0.05, 0) is 42.2 Å². The smallest absolute Gasteiger partial charge is 0.141 e. The summed E-state index contributed by atoms with van der Waals surface area (Å²) in [6, 6.07) is 15.0. The van der Waals surface area contributed by atoms with Crippen molar-refractivity contribution in [3.63, 3.8) is 0 Å². The van der Waals surface area contributed by atoms with E-state index < -0.39 is 0 Å². The van der Waals surface area contributed by atoms with Crippen LogP contribution in [0.2, 0.25) is 0 Å². The number of carbonyl (C=O) groups is 1. The fourth-order valence-electron chi connectivity index (χ4n) is 2.32. The van der Waals surface area contributed by atoms with E-state index in [4.69, 9.17) is 0 Å². The molecule has 0 aliphatic heterocycles. The summed E-state index contributed by atoms with van der Waals surface area (Å²) in [5.74, 6) is 0.0689. The number of aromatic hydroxyl groups is 1. The van der Waals surface area contributed by atoms with Gasteiger partial charge in [0.25, 0.3) is 0 Å². The van der Waals surface area contributed by atoms with E-state index in [1.54, 1.807) is 31.2 Å². The Labute approximate surface area is 113 Å². The molecule has 1 N–H and O–H groups in total. The van der Waals surface area contributed by atoms with E-state index in [2.05, 4.69) is 19.1 Å². The Bertz CT molecular complexity index is 570. The summed E-state index contributed by atoms with van der Waals surface area (Å²) < 4.78 is 0. The molecule has 1 unspecified atom stereocenters. The van der Waals surface area contributed by atoms with Gasteiger partial charge < -0.3 is 5.11 Å². The number of phenols is 1. The second kappa shape index (κ2) is 5.70. The van der Waals surface area contributed by atoms with Gasteiger partial charge in [0.1, 0.15) is 11.5 Å². The minimum Gasteiger partial charge on any atom is -0.508 e. The molecule has 0 amide bonds. The van der Waals surface area contributed by atoms with Crippen LogP contribution in [0.25, 0.3) is 0 Å². The highest BCUT2D eigenvalue weighted by Crippen LogP contribution is 2.27. The quantitative estimate of drug-likeness (QED) is 0.903. The zero-order valence-corrected chi connectivity index (χ0v) is 11.3. The maximum atomic E-state index is 12.0. The zero-order valence-electron chi connectivity index (χ0n) is 11.3. The van der Waals surface area contributed by atoms with E-state index in [1.807, 2.05) is 12.1 Å². The van der Waals surface area contributed by atoms with Crippen LogP contribution in [-0.2, 0) is 11.2 Å². The highest BCUT2D eigenvalue weighted by molar-refractivity contribution is 5.87. The fraction of sp³-hybridized carbons (Fsp3) is 0.235. The van der Waals surface area contributed by atoms with Crippen LogP contribution in [0.4, 0.5) is 0 Å². The largest absolute Gasteiger partial charge is 0.508 e. The van der Waals surface area contributed by atoms with E-state index in [1.165, 1.54) is 5.56 Å². The van der Waals surface area contributed by atoms with Crippen molar-refractivity contribution in [3.8, 4) is 5.75 Å². The van der Waals surface area contributed by atoms with Crippen LogP contribution in [0.5, 0.6) is 5.75 Å². The Morgan fingerprint density at radius 3 is 2.37 bits per heavy atom. The average molecular weight is 254 g/mol. The maximum Gasteiger partial charge on any atom is 0.141 e. The predicted octanol–water partition coefficient (Wildman–Crippen LogP) is 3.68. The Morgan fingerprint density at radius 1 is 1.11 bits per heavy atom. The molecule has 0 saturated carbocycles. The van der Waals surface area contributed by atoms with Gasteiger partial charge >= 0.3 is 0 Å². The molecule has 0 spiro atoms. The first-order chi connectivity index (χ1) is 9.11. The van der Waals surface area contributed by atoms with Gasteiger partial charge in [-0.1, -0.05) is 43.3 Å². The summed E-state index contributed by atoms with van der Waals surface area (Å²) in [4.78, 5) is 12.0. The molecule has 1 atom stereocenters. The summed E-state index contributed by atoms with van der Waals surface area (Å²) in [6.45, 7) is 3.71. The lowest BCUT2D eigenvalue weighted by Gasteiger charge is -2.16. The first-order valence-electron chi connectivity index (χ1n) is 6.50. The van der Waals surface area contributed by atoms with Gasteiger partial charge in [-0.25, -0.2) is 0 Å². The van der Waals surface area contributed by atoms with E-state index in [9.17, 15) is 9.90 Å². The van der Waals surface area contributed by atoms with Crippen molar-refractivity contribution < 1.29 is 9.90 Å². The van der Waals surface area contributed by atoms with Crippen molar-refractivity contribution >= 4 is 5.78 Å². The lowest BCUT2D eigenvalue weighted by atomic mass is 9.87. The summed E-state index contributed by atoms with van der Waals surface area (Å²) in [5, 5.41) is 9.34. The number of aryl methyl sites for hydroxylation is 1. The summed E-state index contributed by atoms with van der Waals surface area (Å²) in [6.07, 6.45) is 0.952. The van der Waals surface area contributed by atoms with Crippen LogP contribution >= 0.6 is 0 Å². The van der Waals surface area contributed by atoms with Gasteiger partial charge in [-0.3, -0.25) is 4.79 Å². The average Bonchev–Trinajstić information content (AvgIpc) is 2.41. The van der Waals surface area contributed by atoms with Gasteiger partial charge in [-0.2, -0.15) is 0 Å². The van der Waals surface area contributed by atoms with Gasteiger partial charge in [0.2, 0.25) is 0 Å². The first-order valence-corrected chi connectivity index (χ1v) is 6.50. The lowest BCUT2D eigenvalue weighted by molar-refractivity contribution is -0.117. The summed E-state index contributed by atoms with van der Waals surface area (Å²) >= 11 is 0. The summed E-state index contributed by atoms with van der Waals surface area (Å²) in [7, 11) is 0. The molecule has 98 valence electrons. The van der Waals surface area contributed by atoms with Gasteiger partial charge in [0.15, 0.2) is 0 Å². The predicted molar refractivity (Wildman–Crippen MR) is 76.5 cm³/mol. The van der Waals surface area contributed by atoms with E-state index in [0.29, 0.717) is 0 Å². The number of benzene rings is 2. The topological polar surface area (TPSA) is 37.3 Å². The Balaban J connectivity index is 2.45. The normalized spacial score (nSPS) is 12.1. The molecule has 0 saturated heterocycles.